The van der Waals surface area contributed by atoms with E-state index in [4.69, 9.17) is 10.5 Å². The second kappa shape index (κ2) is 7.84. The van der Waals surface area contributed by atoms with E-state index in [1.807, 2.05) is 0 Å². The van der Waals surface area contributed by atoms with Crippen LogP contribution in [0.4, 0.5) is 5.69 Å². The molecule has 1 aromatic carbocycles. The molecule has 1 fully saturated rings. The Labute approximate surface area is 135 Å². The smallest absolute Gasteiger partial charge is 0.142 e. The van der Waals surface area contributed by atoms with E-state index in [9.17, 15) is 0 Å². The lowest BCUT2D eigenvalue weighted by atomic mass is 9.99. The van der Waals surface area contributed by atoms with Gasteiger partial charge in [-0.15, -0.1) is 0 Å². The molecule has 0 saturated carbocycles. The summed E-state index contributed by atoms with van der Waals surface area (Å²) in [4.78, 5) is 4.94. The quantitative estimate of drug-likeness (QED) is 0.877. The zero-order chi connectivity index (χ0) is 16.0. The zero-order valence-electron chi connectivity index (χ0n) is 14.3. The van der Waals surface area contributed by atoms with Gasteiger partial charge in [0.05, 0.1) is 12.3 Å². The van der Waals surface area contributed by atoms with E-state index < -0.39 is 0 Å². The predicted molar refractivity (Wildman–Crippen MR) is 93.7 cm³/mol. The Balaban J connectivity index is 1.95. The number of ether oxygens (including phenoxy) is 1. The minimum absolute atomic E-state index is 0.175. The monoisotopic (exact) mass is 305 g/mol. The Morgan fingerprint density at radius 3 is 2.41 bits per heavy atom. The fourth-order valence-corrected chi connectivity index (χ4v) is 2.66. The number of anilines is 1. The molecule has 1 aromatic rings. The number of piperazine rings is 1. The highest BCUT2D eigenvalue weighted by Crippen LogP contribution is 2.30. The Kier molecular flexibility index (Phi) is 6.09. The number of benzene rings is 1. The summed E-state index contributed by atoms with van der Waals surface area (Å²) in [5, 5.41) is 0. The standard InChI is InChI=1S/C18H31N3O/c1-18(2,3)15-22-17-8-5-4-7-16(17)21-13-11-20(12-14-21)10-6-9-19/h4-5,7-8H,6,9-15,19H2,1-3H3. The summed E-state index contributed by atoms with van der Waals surface area (Å²) in [5.41, 5.74) is 7.00. The van der Waals surface area contributed by atoms with Crippen molar-refractivity contribution in [1.29, 1.82) is 0 Å². The molecular formula is C18H31N3O. The molecule has 0 aliphatic carbocycles. The van der Waals surface area contributed by atoms with Gasteiger partial charge < -0.3 is 15.4 Å². The van der Waals surface area contributed by atoms with E-state index in [0.29, 0.717) is 0 Å². The molecule has 0 spiro atoms. The number of hydrogen-bond acceptors (Lipinski definition) is 4. The van der Waals surface area contributed by atoms with Crippen molar-refractivity contribution in [3.05, 3.63) is 24.3 Å². The summed E-state index contributed by atoms with van der Waals surface area (Å²) in [6.45, 7) is 13.6. The average molecular weight is 305 g/mol. The van der Waals surface area contributed by atoms with E-state index in [1.165, 1.54) is 5.69 Å². The maximum Gasteiger partial charge on any atom is 0.142 e. The summed E-state index contributed by atoms with van der Waals surface area (Å²) in [5.74, 6) is 1.01. The molecule has 2 rings (SSSR count). The highest BCUT2D eigenvalue weighted by molar-refractivity contribution is 5.58. The molecule has 22 heavy (non-hydrogen) atoms. The first kappa shape index (κ1) is 17.1. The summed E-state index contributed by atoms with van der Waals surface area (Å²) in [6.07, 6.45) is 1.09. The Morgan fingerprint density at radius 1 is 1.09 bits per heavy atom. The van der Waals surface area contributed by atoms with Crippen LogP contribution in [0.25, 0.3) is 0 Å². The largest absolute Gasteiger partial charge is 0.491 e. The van der Waals surface area contributed by atoms with Gasteiger partial charge in [0.25, 0.3) is 0 Å². The molecule has 1 aliphatic rings. The van der Waals surface area contributed by atoms with E-state index in [1.54, 1.807) is 0 Å². The molecular weight excluding hydrogens is 274 g/mol. The van der Waals surface area contributed by atoms with Crippen LogP contribution in [0.1, 0.15) is 27.2 Å². The molecule has 1 aliphatic heterocycles. The topological polar surface area (TPSA) is 41.7 Å². The third kappa shape index (κ3) is 5.18. The van der Waals surface area contributed by atoms with Gasteiger partial charge in [-0.05, 0) is 37.1 Å². The third-order valence-electron chi connectivity index (χ3n) is 3.92. The van der Waals surface area contributed by atoms with Crippen molar-refractivity contribution >= 4 is 5.69 Å². The first-order chi connectivity index (χ1) is 10.5. The Hall–Kier alpha value is -1.26. The molecule has 0 bridgehead atoms. The lowest BCUT2D eigenvalue weighted by molar-refractivity contribution is 0.197. The number of nitrogens with two attached hydrogens (primary N) is 1. The van der Waals surface area contributed by atoms with Gasteiger partial charge in [-0.1, -0.05) is 32.9 Å². The van der Waals surface area contributed by atoms with Crippen LogP contribution in [0.5, 0.6) is 5.75 Å². The summed E-state index contributed by atoms with van der Waals surface area (Å²) >= 11 is 0. The molecule has 0 amide bonds. The summed E-state index contributed by atoms with van der Waals surface area (Å²) in [7, 11) is 0. The molecule has 0 radical (unpaired) electrons. The molecule has 4 heteroatoms. The van der Waals surface area contributed by atoms with Gasteiger partial charge in [0, 0.05) is 26.2 Å². The van der Waals surface area contributed by atoms with Crippen molar-refractivity contribution in [2.75, 3.05) is 50.8 Å². The minimum atomic E-state index is 0.175. The average Bonchev–Trinajstić information content (AvgIpc) is 2.51. The van der Waals surface area contributed by atoms with E-state index in [0.717, 1.165) is 58.0 Å². The van der Waals surface area contributed by atoms with Crippen LogP contribution < -0.4 is 15.4 Å². The number of nitrogens with zero attached hydrogens (tertiary/aromatic N) is 2. The fourth-order valence-electron chi connectivity index (χ4n) is 2.66. The van der Waals surface area contributed by atoms with Crippen LogP contribution in [0.2, 0.25) is 0 Å². The van der Waals surface area contributed by atoms with Gasteiger partial charge in [0.15, 0.2) is 0 Å². The van der Waals surface area contributed by atoms with Gasteiger partial charge in [-0.3, -0.25) is 4.90 Å². The van der Waals surface area contributed by atoms with E-state index in [2.05, 4.69) is 54.8 Å². The normalized spacial score (nSPS) is 16.8. The third-order valence-corrected chi connectivity index (χ3v) is 3.92. The van der Waals surface area contributed by atoms with Crippen molar-refractivity contribution < 1.29 is 4.74 Å². The Bertz CT molecular complexity index is 448. The van der Waals surface area contributed by atoms with E-state index >= 15 is 0 Å². The van der Waals surface area contributed by atoms with Gasteiger partial charge in [-0.2, -0.15) is 0 Å². The first-order valence-electron chi connectivity index (χ1n) is 8.39. The van der Waals surface area contributed by atoms with Crippen molar-refractivity contribution in [1.82, 2.24) is 4.90 Å². The van der Waals surface area contributed by atoms with Crippen molar-refractivity contribution in [3.8, 4) is 5.75 Å². The lowest BCUT2D eigenvalue weighted by Crippen LogP contribution is -2.47. The number of rotatable bonds is 6. The van der Waals surface area contributed by atoms with Crippen LogP contribution in [-0.2, 0) is 0 Å². The minimum Gasteiger partial charge on any atom is -0.491 e. The molecule has 1 saturated heterocycles. The molecule has 0 unspecified atom stereocenters. The molecule has 0 aromatic heterocycles. The van der Waals surface area contributed by atoms with E-state index in [-0.39, 0.29) is 5.41 Å². The number of hydrogen-bond donors (Lipinski definition) is 1. The summed E-state index contributed by atoms with van der Waals surface area (Å²) < 4.78 is 6.07. The van der Waals surface area contributed by atoms with Crippen molar-refractivity contribution in [3.63, 3.8) is 0 Å². The molecule has 124 valence electrons. The highest BCUT2D eigenvalue weighted by Gasteiger charge is 2.20. The van der Waals surface area contributed by atoms with Crippen LogP contribution >= 0.6 is 0 Å². The van der Waals surface area contributed by atoms with Crippen LogP contribution in [-0.4, -0.2) is 50.8 Å². The second-order valence-corrected chi connectivity index (χ2v) is 7.29. The van der Waals surface area contributed by atoms with Crippen LogP contribution in [0.15, 0.2) is 24.3 Å². The van der Waals surface area contributed by atoms with Gasteiger partial charge in [0.1, 0.15) is 5.75 Å². The van der Waals surface area contributed by atoms with Gasteiger partial charge in [0.2, 0.25) is 0 Å². The molecule has 1 heterocycles. The summed E-state index contributed by atoms with van der Waals surface area (Å²) in [6, 6.07) is 8.41. The first-order valence-corrected chi connectivity index (χ1v) is 8.39. The maximum absolute atomic E-state index is 6.07. The van der Waals surface area contributed by atoms with Gasteiger partial charge >= 0.3 is 0 Å². The Morgan fingerprint density at radius 2 is 1.77 bits per heavy atom. The SMILES string of the molecule is CC(C)(C)COc1ccccc1N1CCN(CCCN)CC1. The van der Waals surface area contributed by atoms with Crippen molar-refractivity contribution in [2.24, 2.45) is 11.1 Å². The van der Waals surface area contributed by atoms with Crippen molar-refractivity contribution in [2.45, 2.75) is 27.2 Å². The molecule has 2 N–H and O–H groups in total. The van der Waals surface area contributed by atoms with Crippen LogP contribution in [0, 0.1) is 5.41 Å². The lowest BCUT2D eigenvalue weighted by Gasteiger charge is -2.37. The zero-order valence-corrected chi connectivity index (χ0v) is 14.3. The highest BCUT2D eigenvalue weighted by atomic mass is 16.5. The number of para-hydroxylation sites is 2. The molecule has 0 atom stereocenters. The second-order valence-electron chi connectivity index (χ2n) is 7.29. The van der Waals surface area contributed by atoms with Crippen LogP contribution in [0.3, 0.4) is 0 Å². The molecule has 4 nitrogen and oxygen atoms in total. The fraction of sp³-hybridized carbons (Fsp3) is 0.667. The van der Waals surface area contributed by atoms with Gasteiger partial charge in [-0.25, -0.2) is 0 Å². The predicted octanol–water partition coefficient (Wildman–Crippen LogP) is 2.58. The maximum atomic E-state index is 6.07.